The van der Waals surface area contributed by atoms with E-state index in [0.29, 0.717) is 6.54 Å². The summed E-state index contributed by atoms with van der Waals surface area (Å²) in [5.74, 6) is 0.877. The number of aromatic nitrogens is 2. The summed E-state index contributed by atoms with van der Waals surface area (Å²) >= 11 is 0. The summed E-state index contributed by atoms with van der Waals surface area (Å²) < 4.78 is 5.44. The van der Waals surface area contributed by atoms with Gasteiger partial charge in [-0.15, -0.1) is 0 Å². The molecule has 0 spiro atoms. The van der Waals surface area contributed by atoms with Gasteiger partial charge in [0.05, 0.1) is 6.54 Å². The molecule has 1 aliphatic rings. The zero-order valence-electron chi connectivity index (χ0n) is 12.7. The van der Waals surface area contributed by atoms with Crippen molar-refractivity contribution in [3.05, 3.63) is 36.4 Å². The van der Waals surface area contributed by atoms with E-state index in [0.717, 1.165) is 42.9 Å². The first-order valence-electron chi connectivity index (χ1n) is 7.56. The van der Waals surface area contributed by atoms with Gasteiger partial charge in [0.2, 0.25) is 5.91 Å². The van der Waals surface area contributed by atoms with Gasteiger partial charge in [-0.2, -0.15) is 0 Å². The van der Waals surface area contributed by atoms with Crippen LogP contribution in [0, 0.1) is 0 Å². The predicted molar refractivity (Wildman–Crippen MR) is 81.8 cm³/mol. The van der Waals surface area contributed by atoms with Gasteiger partial charge in [0, 0.05) is 43.5 Å². The Bertz CT molecular complexity index is 626. The molecule has 22 heavy (non-hydrogen) atoms. The number of hydrogen-bond acceptors (Lipinski definition) is 5. The highest BCUT2D eigenvalue weighted by molar-refractivity contribution is 5.73. The molecule has 3 heterocycles. The van der Waals surface area contributed by atoms with Crippen LogP contribution in [0.5, 0.6) is 0 Å². The second-order valence-electron chi connectivity index (χ2n) is 5.69. The summed E-state index contributed by atoms with van der Waals surface area (Å²) in [6.07, 6.45) is 5.60. The van der Waals surface area contributed by atoms with Crippen LogP contribution >= 0.6 is 0 Å². The normalized spacial score (nSPS) is 19.0. The van der Waals surface area contributed by atoms with E-state index in [1.807, 2.05) is 18.2 Å². The Labute approximate surface area is 129 Å². The lowest BCUT2D eigenvalue weighted by atomic mass is 10.1. The first-order valence-corrected chi connectivity index (χ1v) is 7.56. The minimum Gasteiger partial charge on any atom is -0.359 e. The molecule has 0 unspecified atom stereocenters. The minimum absolute atomic E-state index is 0.0338. The molecule has 0 bridgehead atoms. The smallest absolute Gasteiger partial charge is 0.217 e. The maximum absolute atomic E-state index is 11.2. The number of carbonyl (C=O) groups excluding carboxylic acids is 1. The highest BCUT2D eigenvalue weighted by Crippen LogP contribution is 2.20. The van der Waals surface area contributed by atoms with Crippen molar-refractivity contribution in [2.75, 3.05) is 13.1 Å². The van der Waals surface area contributed by atoms with Crippen LogP contribution in [-0.2, 0) is 11.3 Å². The topological polar surface area (TPSA) is 71.3 Å². The Hall–Kier alpha value is -2.21. The molecule has 1 saturated heterocycles. The monoisotopic (exact) mass is 300 g/mol. The van der Waals surface area contributed by atoms with Crippen molar-refractivity contribution >= 4 is 5.91 Å². The number of carbonyl (C=O) groups is 1. The van der Waals surface area contributed by atoms with Gasteiger partial charge in [-0.1, -0.05) is 5.16 Å². The van der Waals surface area contributed by atoms with Gasteiger partial charge in [0.15, 0.2) is 5.76 Å². The van der Waals surface area contributed by atoms with Gasteiger partial charge in [-0.3, -0.25) is 14.7 Å². The summed E-state index contributed by atoms with van der Waals surface area (Å²) in [5.41, 5.74) is 1.83. The second kappa shape index (κ2) is 6.70. The molecule has 0 radical (unpaired) electrons. The third-order valence-electron chi connectivity index (χ3n) is 3.83. The summed E-state index contributed by atoms with van der Waals surface area (Å²) in [6, 6.07) is 6.02. The molecular weight excluding hydrogens is 280 g/mol. The van der Waals surface area contributed by atoms with E-state index >= 15 is 0 Å². The number of hydrogen-bond donors (Lipinski definition) is 1. The number of likely N-dealkylation sites (tertiary alicyclic amines) is 1. The van der Waals surface area contributed by atoms with E-state index in [1.165, 1.54) is 0 Å². The number of nitrogens with zero attached hydrogens (tertiary/aromatic N) is 3. The lowest BCUT2D eigenvalue weighted by Crippen LogP contribution is -2.46. The fourth-order valence-corrected chi connectivity index (χ4v) is 2.87. The van der Waals surface area contributed by atoms with Crippen molar-refractivity contribution in [3.8, 4) is 11.3 Å². The number of piperidine rings is 1. The average molecular weight is 300 g/mol. The van der Waals surface area contributed by atoms with Crippen LogP contribution in [0.3, 0.4) is 0 Å². The van der Waals surface area contributed by atoms with Crippen molar-refractivity contribution in [2.45, 2.75) is 32.4 Å². The van der Waals surface area contributed by atoms with Crippen LogP contribution in [0.25, 0.3) is 11.3 Å². The highest BCUT2D eigenvalue weighted by atomic mass is 16.5. The average Bonchev–Trinajstić information content (AvgIpc) is 2.96. The third kappa shape index (κ3) is 3.71. The molecular formula is C16H20N4O2. The molecule has 6 heteroatoms. The quantitative estimate of drug-likeness (QED) is 0.933. The number of pyridine rings is 1. The van der Waals surface area contributed by atoms with E-state index in [1.54, 1.807) is 19.3 Å². The summed E-state index contributed by atoms with van der Waals surface area (Å²) in [4.78, 5) is 17.5. The largest absolute Gasteiger partial charge is 0.359 e. The van der Waals surface area contributed by atoms with Gasteiger partial charge in [-0.05, 0) is 31.5 Å². The summed E-state index contributed by atoms with van der Waals surface area (Å²) in [7, 11) is 0. The molecule has 1 N–H and O–H groups in total. The van der Waals surface area contributed by atoms with Crippen molar-refractivity contribution < 1.29 is 9.32 Å². The predicted octanol–water partition coefficient (Wildman–Crippen LogP) is 1.84. The maximum atomic E-state index is 11.2. The fourth-order valence-electron chi connectivity index (χ4n) is 2.87. The standard InChI is InChI=1S/C16H20N4O2/c1-12(21)18-14-3-2-8-20(10-14)11-15-9-16(19-22-15)13-4-6-17-7-5-13/h4-7,9,14H,2-3,8,10-11H2,1H3,(H,18,21)/t14-/m0/s1. The van der Waals surface area contributed by atoms with Crippen LogP contribution in [0.15, 0.2) is 35.1 Å². The maximum Gasteiger partial charge on any atom is 0.217 e. The Morgan fingerprint density at radius 1 is 1.45 bits per heavy atom. The van der Waals surface area contributed by atoms with Crippen molar-refractivity contribution in [2.24, 2.45) is 0 Å². The molecule has 1 aliphatic heterocycles. The SMILES string of the molecule is CC(=O)N[C@H]1CCCN(Cc2cc(-c3ccncc3)no2)C1. The highest BCUT2D eigenvalue weighted by Gasteiger charge is 2.21. The third-order valence-corrected chi connectivity index (χ3v) is 3.83. The van der Waals surface area contributed by atoms with Crippen LogP contribution in [0.4, 0.5) is 0 Å². The van der Waals surface area contributed by atoms with Crippen LogP contribution < -0.4 is 5.32 Å². The molecule has 0 aromatic carbocycles. The Balaban J connectivity index is 1.61. The Kier molecular flexibility index (Phi) is 4.48. The number of nitrogens with one attached hydrogen (secondary N) is 1. The van der Waals surface area contributed by atoms with Gasteiger partial charge >= 0.3 is 0 Å². The Morgan fingerprint density at radius 2 is 2.27 bits per heavy atom. The van der Waals surface area contributed by atoms with Gasteiger partial charge in [-0.25, -0.2) is 0 Å². The summed E-state index contributed by atoms with van der Waals surface area (Å²) in [6.45, 7) is 4.15. The molecule has 6 nitrogen and oxygen atoms in total. The van der Waals surface area contributed by atoms with Gasteiger partial charge in [0.1, 0.15) is 5.69 Å². The molecule has 0 aliphatic carbocycles. The fraction of sp³-hybridized carbons (Fsp3) is 0.438. The Morgan fingerprint density at radius 3 is 3.05 bits per heavy atom. The van der Waals surface area contributed by atoms with Crippen LogP contribution in [0.1, 0.15) is 25.5 Å². The first kappa shape index (κ1) is 14.7. The lowest BCUT2D eigenvalue weighted by Gasteiger charge is -2.32. The van der Waals surface area contributed by atoms with Gasteiger partial charge < -0.3 is 9.84 Å². The second-order valence-corrected chi connectivity index (χ2v) is 5.69. The van der Waals surface area contributed by atoms with E-state index in [-0.39, 0.29) is 11.9 Å². The number of rotatable bonds is 4. The van der Waals surface area contributed by atoms with E-state index in [9.17, 15) is 4.79 Å². The zero-order chi connectivity index (χ0) is 15.4. The molecule has 1 fully saturated rings. The molecule has 116 valence electrons. The molecule has 0 saturated carbocycles. The molecule has 3 rings (SSSR count). The molecule has 2 aromatic rings. The van der Waals surface area contributed by atoms with Crippen molar-refractivity contribution in [3.63, 3.8) is 0 Å². The lowest BCUT2D eigenvalue weighted by molar-refractivity contribution is -0.120. The minimum atomic E-state index is 0.0338. The molecule has 2 aromatic heterocycles. The van der Waals surface area contributed by atoms with Crippen molar-refractivity contribution in [1.29, 1.82) is 0 Å². The molecule has 1 atom stereocenters. The summed E-state index contributed by atoms with van der Waals surface area (Å²) in [5, 5.41) is 7.11. The van der Waals surface area contributed by atoms with Gasteiger partial charge in [0.25, 0.3) is 0 Å². The van der Waals surface area contributed by atoms with E-state index in [2.05, 4.69) is 20.4 Å². The van der Waals surface area contributed by atoms with Crippen LogP contribution in [-0.4, -0.2) is 40.1 Å². The van der Waals surface area contributed by atoms with E-state index < -0.39 is 0 Å². The van der Waals surface area contributed by atoms with E-state index in [4.69, 9.17) is 4.52 Å². The first-order chi connectivity index (χ1) is 10.7. The molecule has 1 amide bonds. The van der Waals surface area contributed by atoms with Crippen LogP contribution in [0.2, 0.25) is 0 Å². The van der Waals surface area contributed by atoms with Crippen molar-refractivity contribution in [1.82, 2.24) is 20.4 Å². The zero-order valence-corrected chi connectivity index (χ0v) is 12.7. The number of amides is 1.